The second kappa shape index (κ2) is 5.02. The molecule has 0 aromatic heterocycles. The van der Waals surface area contributed by atoms with Gasteiger partial charge in [0, 0.05) is 6.04 Å². The van der Waals surface area contributed by atoms with E-state index in [-0.39, 0.29) is 6.04 Å². The van der Waals surface area contributed by atoms with Crippen LogP contribution in [0.1, 0.15) is 43.4 Å². The SMILES string of the molecule is Cc1cc(C)cc(C(C)(O)C2CC(C)CCN2)c1. The third-order valence-corrected chi connectivity index (χ3v) is 4.15. The molecule has 1 saturated heterocycles. The maximum atomic E-state index is 10.9. The number of aliphatic hydroxyl groups is 1. The number of benzene rings is 1. The summed E-state index contributed by atoms with van der Waals surface area (Å²) in [6.07, 6.45) is 2.25. The lowest BCUT2D eigenvalue weighted by Crippen LogP contribution is -2.50. The molecule has 1 aromatic carbocycles. The lowest BCUT2D eigenvalue weighted by atomic mass is 9.80. The quantitative estimate of drug-likeness (QED) is 0.842. The minimum absolute atomic E-state index is 0.155. The fourth-order valence-electron chi connectivity index (χ4n) is 3.00. The number of nitrogens with one attached hydrogen (secondary N) is 1. The number of aryl methyl sites for hydroxylation is 2. The van der Waals surface area contributed by atoms with E-state index in [4.69, 9.17) is 0 Å². The summed E-state index contributed by atoms with van der Waals surface area (Å²) in [5, 5.41) is 14.4. The Morgan fingerprint density at radius 3 is 2.39 bits per heavy atom. The molecule has 0 bridgehead atoms. The average molecular weight is 247 g/mol. The molecule has 18 heavy (non-hydrogen) atoms. The highest BCUT2D eigenvalue weighted by molar-refractivity contribution is 5.33. The highest BCUT2D eigenvalue weighted by Gasteiger charge is 2.36. The third-order valence-electron chi connectivity index (χ3n) is 4.15. The summed E-state index contributed by atoms with van der Waals surface area (Å²) in [5.74, 6) is 0.689. The van der Waals surface area contributed by atoms with Crippen LogP contribution in [0.25, 0.3) is 0 Å². The Morgan fingerprint density at radius 1 is 1.22 bits per heavy atom. The average Bonchev–Trinajstić information content (AvgIpc) is 2.27. The van der Waals surface area contributed by atoms with E-state index in [0.29, 0.717) is 5.92 Å². The summed E-state index contributed by atoms with van der Waals surface area (Å²) in [4.78, 5) is 0. The number of hydrogen-bond donors (Lipinski definition) is 2. The molecule has 2 N–H and O–H groups in total. The van der Waals surface area contributed by atoms with E-state index < -0.39 is 5.60 Å². The van der Waals surface area contributed by atoms with Crippen molar-refractivity contribution < 1.29 is 5.11 Å². The first-order valence-corrected chi connectivity index (χ1v) is 6.94. The van der Waals surface area contributed by atoms with E-state index in [1.807, 2.05) is 6.92 Å². The Hall–Kier alpha value is -0.860. The molecule has 0 spiro atoms. The zero-order chi connectivity index (χ0) is 13.3. The van der Waals surface area contributed by atoms with Gasteiger partial charge in [0.25, 0.3) is 0 Å². The topological polar surface area (TPSA) is 32.3 Å². The molecule has 1 aromatic rings. The molecule has 100 valence electrons. The molecule has 0 radical (unpaired) electrons. The van der Waals surface area contributed by atoms with Crippen LogP contribution in [0.5, 0.6) is 0 Å². The fourth-order valence-corrected chi connectivity index (χ4v) is 3.00. The first-order chi connectivity index (χ1) is 8.39. The Kier molecular flexibility index (Phi) is 3.79. The van der Waals surface area contributed by atoms with E-state index in [0.717, 1.165) is 18.5 Å². The Morgan fingerprint density at radius 2 is 1.83 bits per heavy atom. The highest BCUT2D eigenvalue weighted by atomic mass is 16.3. The van der Waals surface area contributed by atoms with E-state index in [1.165, 1.54) is 17.5 Å². The van der Waals surface area contributed by atoms with E-state index in [2.05, 4.69) is 44.3 Å². The van der Waals surface area contributed by atoms with Crippen molar-refractivity contribution in [2.45, 2.75) is 52.2 Å². The van der Waals surface area contributed by atoms with Gasteiger partial charge in [-0.05, 0) is 51.6 Å². The second-order valence-corrected chi connectivity index (χ2v) is 6.16. The third kappa shape index (κ3) is 2.76. The molecule has 2 rings (SSSR count). The molecular weight excluding hydrogens is 222 g/mol. The van der Waals surface area contributed by atoms with Gasteiger partial charge < -0.3 is 10.4 Å². The predicted molar refractivity (Wildman–Crippen MR) is 75.7 cm³/mol. The number of hydrogen-bond acceptors (Lipinski definition) is 2. The second-order valence-electron chi connectivity index (χ2n) is 6.16. The lowest BCUT2D eigenvalue weighted by Gasteiger charge is -2.39. The Labute approximate surface area is 110 Å². The standard InChI is InChI=1S/C16H25NO/c1-11-5-6-17-15(10-11)16(4,18)14-8-12(2)7-13(3)9-14/h7-9,11,15,17-18H,5-6,10H2,1-4H3. The predicted octanol–water partition coefficient (Wildman–Crippen LogP) is 2.90. The maximum Gasteiger partial charge on any atom is 0.102 e. The van der Waals surface area contributed by atoms with Crippen molar-refractivity contribution >= 4 is 0 Å². The largest absolute Gasteiger partial charge is 0.384 e. The molecule has 0 aliphatic carbocycles. The smallest absolute Gasteiger partial charge is 0.102 e. The molecule has 1 fully saturated rings. The summed E-state index contributed by atoms with van der Waals surface area (Å²) in [6.45, 7) is 9.39. The fraction of sp³-hybridized carbons (Fsp3) is 0.625. The molecule has 3 unspecified atom stereocenters. The molecule has 0 saturated carbocycles. The normalized spacial score (nSPS) is 27.8. The van der Waals surface area contributed by atoms with Gasteiger partial charge in [-0.2, -0.15) is 0 Å². The van der Waals surface area contributed by atoms with Crippen molar-refractivity contribution in [3.05, 3.63) is 34.9 Å². The van der Waals surface area contributed by atoms with Crippen LogP contribution in [-0.4, -0.2) is 17.7 Å². The van der Waals surface area contributed by atoms with Crippen molar-refractivity contribution in [1.29, 1.82) is 0 Å². The molecule has 1 aliphatic heterocycles. The zero-order valence-electron chi connectivity index (χ0n) is 12.0. The van der Waals surface area contributed by atoms with Crippen molar-refractivity contribution in [1.82, 2.24) is 5.32 Å². The summed E-state index contributed by atoms with van der Waals surface area (Å²) in [5.41, 5.74) is 2.68. The molecule has 2 nitrogen and oxygen atoms in total. The van der Waals surface area contributed by atoms with Crippen molar-refractivity contribution in [3.63, 3.8) is 0 Å². The van der Waals surface area contributed by atoms with Gasteiger partial charge in [-0.3, -0.25) is 0 Å². The van der Waals surface area contributed by atoms with Crippen LogP contribution in [0.3, 0.4) is 0 Å². The van der Waals surface area contributed by atoms with E-state index >= 15 is 0 Å². The number of rotatable bonds is 2. The van der Waals surface area contributed by atoms with Gasteiger partial charge in [-0.25, -0.2) is 0 Å². The van der Waals surface area contributed by atoms with Gasteiger partial charge >= 0.3 is 0 Å². The van der Waals surface area contributed by atoms with Gasteiger partial charge in [0.15, 0.2) is 0 Å². The molecule has 3 atom stereocenters. The van der Waals surface area contributed by atoms with Crippen molar-refractivity contribution in [2.24, 2.45) is 5.92 Å². The molecule has 2 heteroatoms. The van der Waals surface area contributed by atoms with Crippen LogP contribution in [-0.2, 0) is 5.60 Å². The van der Waals surface area contributed by atoms with Gasteiger partial charge in [0.05, 0.1) is 0 Å². The first kappa shape index (κ1) is 13.6. The van der Waals surface area contributed by atoms with Crippen LogP contribution in [0.2, 0.25) is 0 Å². The van der Waals surface area contributed by atoms with Crippen LogP contribution in [0.4, 0.5) is 0 Å². The zero-order valence-corrected chi connectivity index (χ0v) is 12.0. The summed E-state index contributed by atoms with van der Waals surface area (Å²) in [7, 11) is 0. The van der Waals surface area contributed by atoms with E-state index in [1.54, 1.807) is 0 Å². The van der Waals surface area contributed by atoms with Gasteiger partial charge in [-0.1, -0.05) is 36.2 Å². The molecule has 1 aliphatic rings. The Bertz CT molecular complexity index is 405. The lowest BCUT2D eigenvalue weighted by molar-refractivity contribution is -0.00149. The molecule has 0 amide bonds. The summed E-state index contributed by atoms with van der Waals surface area (Å²) in [6, 6.07) is 6.51. The highest BCUT2D eigenvalue weighted by Crippen LogP contribution is 2.32. The van der Waals surface area contributed by atoms with Gasteiger partial charge in [0.2, 0.25) is 0 Å². The Balaban J connectivity index is 2.28. The van der Waals surface area contributed by atoms with Gasteiger partial charge in [-0.15, -0.1) is 0 Å². The van der Waals surface area contributed by atoms with Crippen LogP contribution >= 0.6 is 0 Å². The first-order valence-electron chi connectivity index (χ1n) is 6.94. The summed E-state index contributed by atoms with van der Waals surface area (Å²) >= 11 is 0. The van der Waals surface area contributed by atoms with Crippen LogP contribution in [0, 0.1) is 19.8 Å². The van der Waals surface area contributed by atoms with Gasteiger partial charge in [0.1, 0.15) is 5.60 Å². The summed E-state index contributed by atoms with van der Waals surface area (Å²) < 4.78 is 0. The maximum absolute atomic E-state index is 10.9. The van der Waals surface area contributed by atoms with Crippen molar-refractivity contribution in [3.8, 4) is 0 Å². The van der Waals surface area contributed by atoms with E-state index in [9.17, 15) is 5.11 Å². The van der Waals surface area contributed by atoms with Crippen LogP contribution in [0.15, 0.2) is 18.2 Å². The van der Waals surface area contributed by atoms with Crippen molar-refractivity contribution in [2.75, 3.05) is 6.54 Å². The minimum atomic E-state index is -0.786. The number of piperidine rings is 1. The molecule has 1 heterocycles. The molecular formula is C16H25NO. The minimum Gasteiger partial charge on any atom is -0.384 e. The monoisotopic (exact) mass is 247 g/mol. The van der Waals surface area contributed by atoms with Crippen LogP contribution < -0.4 is 5.32 Å².